The highest BCUT2D eigenvalue weighted by Gasteiger charge is 2.09. The van der Waals surface area contributed by atoms with E-state index in [0.29, 0.717) is 17.2 Å². The molecule has 0 unspecified atom stereocenters. The van der Waals surface area contributed by atoms with Crippen LogP contribution >= 0.6 is 23.6 Å². The number of para-hydroxylation sites is 1. The van der Waals surface area contributed by atoms with Gasteiger partial charge in [-0.15, -0.1) is 11.3 Å². The van der Waals surface area contributed by atoms with E-state index in [1.54, 1.807) is 22.2 Å². The number of hydrogen-bond donors (Lipinski definition) is 1. The van der Waals surface area contributed by atoms with Crippen LogP contribution in [0.15, 0.2) is 77.2 Å². The van der Waals surface area contributed by atoms with Gasteiger partial charge in [0, 0.05) is 5.56 Å². The van der Waals surface area contributed by atoms with Crippen LogP contribution in [0.3, 0.4) is 0 Å². The van der Waals surface area contributed by atoms with Crippen LogP contribution in [-0.4, -0.2) is 21.1 Å². The molecule has 0 aliphatic heterocycles. The van der Waals surface area contributed by atoms with E-state index >= 15 is 0 Å². The molecule has 1 N–H and O–H groups in total. The van der Waals surface area contributed by atoms with Gasteiger partial charge in [0.1, 0.15) is 12.4 Å². The second-order valence-electron chi connectivity index (χ2n) is 5.70. The van der Waals surface area contributed by atoms with Gasteiger partial charge in [-0.25, -0.2) is 5.10 Å². The third-order valence-electron chi connectivity index (χ3n) is 3.86. The average molecular weight is 393 g/mol. The lowest BCUT2D eigenvalue weighted by molar-refractivity contribution is 0.306. The predicted molar refractivity (Wildman–Crippen MR) is 111 cm³/mol. The van der Waals surface area contributed by atoms with Crippen molar-refractivity contribution in [3.8, 4) is 16.5 Å². The zero-order valence-electron chi connectivity index (χ0n) is 14.3. The fraction of sp³-hybridized carbons (Fsp3) is 0.0500. The van der Waals surface area contributed by atoms with Gasteiger partial charge in [-0.05, 0) is 41.4 Å². The third-order valence-corrected chi connectivity index (χ3v) is 4.99. The van der Waals surface area contributed by atoms with Crippen molar-refractivity contribution >= 4 is 29.8 Å². The van der Waals surface area contributed by atoms with Gasteiger partial charge in [0.2, 0.25) is 4.77 Å². The number of aromatic amines is 1. The Labute approximate surface area is 165 Å². The maximum Gasteiger partial charge on any atom is 0.216 e. The predicted octanol–water partition coefficient (Wildman–Crippen LogP) is 5.13. The van der Waals surface area contributed by atoms with E-state index in [1.807, 2.05) is 72.1 Å². The standard InChI is InChI=1S/C20H16N4OS2/c26-20-23-22-19(18-11-6-12-27-18)24(20)21-13-16-9-4-5-10-17(16)25-14-15-7-2-1-3-8-15/h1-13H,14H2,(H,23,26)/b21-13-. The van der Waals surface area contributed by atoms with Gasteiger partial charge < -0.3 is 4.74 Å². The number of H-pyrrole nitrogens is 1. The Morgan fingerprint density at radius 3 is 2.70 bits per heavy atom. The monoisotopic (exact) mass is 392 g/mol. The molecule has 4 rings (SSSR count). The van der Waals surface area contributed by atoms with E-state index < -0.39 is 0 Å². The molecule has 5 nitrogen and oxygen atoms in total. The number of aromatic nitrogens is 3. The number of nitrogens with zero attached hydrogens (tertiary/aromatic N) is 3. The summed E-state index contributed by atoms with van der Waals surface area (Å²) in [6.07, 6.45) is 1.74. The maximum absolute atomic E-state index is 5.98. The first kappa shape index (κ1) is 17.4. The summed E-state index contributed by atoms with van der Waals surface area (Å²) in [5.41, 5.74) is 1.98. The van der Waals surface area contributed by atoms with Crippen LogP contribution in [0.25, 0.3) is 10.7 Å². The first-order valence-corrected chi connectivity index (χ1v) is 9.61. The minimum Gasteiger partial charge on any atom is -0.488 e. The molecule has 0 saturated carbocycles. The van der Waals surface area contributed by atoms with Gasteiger partial charge in [0.25, 0.3) is 0 Å². The number of thiophene rings is 1. The summed E-state index contributed by atoms with van der Waals surface area (Å²) in [7, 11) is 0. The molecule has 0 aliphatic rings. The van der Waals surface area contributed by atoms with Gasteiger partial charge in [0.15, 0.2) is 5.82 Å². The fourth-order valence-corrected chi connectivity index (χ4v) is 3.42. The minimum atomic E-state index is 0.442. The second kappa shape index (κ2) is 8.11. The Morgan fingerprint density at radius 2 is 1.89 bits per heavy atom. The molecule has 0 spiro atoms. The van der Waals surface area contributed by atoms with E-state index in [9.17, 15) is 0 Å². The van der Waals surface area contributed by atoms with E-state index in [0.717, 1.165) is 21.8 Å². The number of ether oxygens (including phenoxy) is 1. The second-order valence-corrected chi connectivity index (χ2v) is 7.03. The van der Waals surface area contributed by atoms with E-state index in [-0.39, 0.29) is 0 Å². The SMILES string of the molecule is S=c1[nH]nc(-c2cccs2)n1/N=C\c1ccccc1OCc1ccccc1. The molecule has 4 aromatic rings. The van der Waals surface area contributed by atoms with Gasteiger partial charge in [-0.2, -0.15) is 14.9 Å². The molecule has 0 saturated heterocycles. The van der Waals surface area contributed by atoms with Crippen LogP contribution < -0.4 is 4.74 Å². The Bertz CT molecular complexity index is 1100. The smallest absolute Gasteiger partial charge is 0.216 e. The van der Waals surface area contributed by atoms with Crippen LogP contribution in [0, 0.1) is 4.77 Å². The lowest BCUT2D eigenvalue weighted by Crippen LogP contribution is -1.99. The van der Waals surface area contributed by atoms with Crippen molar-refractivity contribution in [1.29, 1.82) is 0 Å². The summed E-state index contributed by atoms with van der Waals surface area (Å²) in [5, 5.41) is 13.6. The van der Waals surface area contributed by atoms with Crippen LogP contribution in [0.2, 0.25) is 0 Å². The first-order chi connectivity index (χ1) is 13.3. The summed E-state index contributed by atoms with van der Waals surface area (Å²) < 4.78 is 8.04. The largest absolute Gasteiger partial charge is 0.488 e. The molecule has 134 valence electrons. The van der Waals surface area contributed by atoms with Crippen molar-refractivity contribution < 1.29 is 4.74 Å². The molecular weight excluding hydrogens is 376 g/mol. The first-order valence-electron chi connectivity index (χ1n) is 8.32. The Kier molecular flexibility index (Phi) is 5.22. The number of rotatable bonds is 6. The normalized spacial score (nSPS) is 11.1. The Balaban J connectivity index is 1.59. The molecular formula is C20H16N4OS2. The van der Waals surface area contributed by atoms with Crippen LogP contribution in [-0.2, 0) is 6.61 Å². The van der Waals surface area contributed by atoms with Crippen LogP contribution in [0.5, 0.6) is 5.75 Å². The minimum absolute atomic E-state index is 0.442. The molecule has 0 aliphatic carbocycles. The van der Waals surface area contributed by atoms with Crippen molar-refractivity contribution in [2.75, 3.05) is 0 Å². The highest BCUT2D eigenvalue weighted by atomic mass is 32.1. The quantitative estimate of drug-likeness (QED) is 0.365. The van der Waals surface area contributed by atoms with Gasteiger partial charge in [-0.1, -0.05) is 48.5 Å². The lowest BCUT2D eigenvalue weighted by atomic mass is 10.2. The van der Waals surface area contributed by atoms with E-state index in [2.05, 4.69) is 15.3 Å². The molecule has 0 fully saturated rings. The van der Waals surface area contributed by atoms with Gasteiger partial charge in [-0.3, -0.25) is 0 Å². The lowest BCUT2D eigenvalue weighted by Gasteiger charge is -2.09. The molecule has 0 radical (unpaired) electrons. The van der Waals surface area contributed by atoms with Crippen molar-refractivity contribution in [3.63, 3.8) is 0 Å². The van der Waals surface area contributed by atoms with Crippen molar-refractivity contribution in [3.05, 3.63) is 88.0 Å². The summed E-state index contributed by atoms with van der Waals surface area (Å²) in [6.45, 7) is 0.497. The molecule has 2 aromatic heterocycles. The van der Waals surface area contributed by atoms with Crippen LogP contribution in [0.1, 0.15) is 11.1 Å². The third kappa shape index (κ3) is 4.05. The summed E-state index contributed by atoms with van der Waals surface area (Å²) in [5.74, 6) is 1.45. The van der Waals surface area contributed by atoms with Crippen molar-refractivity contribution in [1.82, 2.24) is 14.9 Å². The molecule has 2 heterocycles. The zero-order valence-corrected chi connectivity index (χ0v) is 15.9. The van der Waals surface area contributed by atoms with E-state index in [4.69, 9.17) is 17.0 Å². The Morgan fingerprint density at radius 1 is 1.07 bits per heavy atom. The maximum atomic E-state index is 5.98. The molecule has 27 heavy (non-hydrogen) atoms. The summed E-state index contributed by atoms with van der Waals surface area (Å²) >= 11 is 6.90. The molecule has 0 amide bonds. The Hall–Kier alpha value is -3.03. The average Bonchev–Trinajstić information content (AvgIpc) is 3.36. The molecule has 0 bridgehead atoms. The van der Waals surface area contributed by atoms with Gasteiger partial charge >= 0.3 is 0 Å². The van der Waals surface area contributed by atoms with Crippen LogP contribution in [0.4, 0.5) is 0 Å². The highest BCUT2D eigenvalue weighted by Crippen LogP contribution is 2.23. The molecule has 2 aromatic carbocycles. The van der Waals surface area contributed by atoms with Gasteiger partial charge in [0.05, 0.1) is 11.1 Å². The zero-order chi connectivity index (χ0) is 18.5. The highest BCUT2D eigenvalue weighted by molar-refractivity contribution is 7.71. The molecule has 7 heteroatoms. The van der Waals surface area contributed by atoms with E-state index in [1.165, 1.54) is 0 Å². The number of hydrogen-bond acceptors (Lipinski definition) is 5. The number of nitrogens with one attached hydrogen (secondary N) is 1. The van der Waals surface area contributed by atoms with Crippen molar-refractivity contribution in [2.45, 2.75) is 6.61 Å². The summed E-state index contributed by atoms with van der Waals surface area (Å²) in [6, 6.07) is 21.8. The number of benzene rings is 2. The van der Waals surface area contributed by atoms with Crippen molar-refractivity contribution in [2.24, 2.45) is 5.10 Å². The fourth-order valence-electron chi connectivity index (χ4n) is 2.54. The molecule has 0 atom stereocenters. The topological polar surface area (TPSA) is 55.2 Å². The summed E-state index contributed by atoms with van der Waals surface area (Å²) in [4.78, 5) is 0.994.